The Hall–Kier alpha value is -1.85. The van der Waals surface area contributed by atoms with E-state index in [4.69, 9.17) is 5.73 Å². The molecule has 0 rings (SSSR count). The number of nitrogens with zero attached hydrogens (tertiary/aromatic N) is 1. The Morgan fingerprint density at radius 3 is 2.38 bits per heavy atom. The summed E-state index contributed by atoms with van der Waals surface area (Å²) < 4.78 is 4.56. The van der Waals surface area contributed by atoms with Crippen LogP contribution in [-0.2, 0) is 19.2 Å². The highest BCUT2D eigenvalue weighted by atomic mass is 16.7. The van der Waals surface area contributed by atoms with E-state index < -0.39 is 11.9 Å². The molecule has 0 fully saturated rings. The molecule has 0 unspecified atom stereocenters. The fourth-order valence-corrected chi connectivity index (χ4v) is 0.560. The van der Waals surface area contributed by atoms with E-state index in [2.05, 4.69) is 14.7 Å². The van der Waals surface area contributed by atoms with Crippen molar-refractivity contribution >= 4 is 17.8 Å². The molecule has 2 N–H and O–H groups in total. The Morgan fingerprint density at radius 2 is 1.88 bits per heavy atom. The summed E-state index contributed by atoms with van der Waals surface area (Å²) in [4.78, 5) is 26.2. The molecule has 0 aromatic heterocycles. The highest BCUT2D eigenvalue weighted by molar-refractivity contribution is 5.92. The van der Waals surface area contributed by atoms with Crippen molar-refractivity contribution in [1.82, 2.24) is 0 Å². The minimum absolute atomic E-state index is 0.0122. The number of hydrogen-bond acceptors (Lipinski definition) is 5. The number of nitrogens with two attached hydrogens (primary N) is 1. The topological polar surface area (TPSA) is 91.0 Å². The summed E-state index contributed by atoms with van der Waals surface area (Å²) in [5, 5.41) is 3.39. The van der Waals surface area contributed by atoms with E-state index in [0.717, 1.165) is 12.2 Å². The lowest BCUT2D eigenvalue weighted by molar-refractivity contribution is -0.140. The van der Waals surface area contributed by atoms with Crippen molar-refractivity contribution in [3.63, 3.8) is 0 Å². The largest absolute Gasteiger partial charge is 0.463 e. The molecule has 0 aliphatic rings. The minimum atomic E-state index is -0.781. The summed E-state index contributed by atoms with van der Waals surface area (Å²) in [6, 6.07) is 0. The lowest BCUT2D eigenvalue weighted by Gasteiger charge is -2.01. The van der Waals surface area contributed by atoms with E-state index in [9.17, 15) is 9.59 Å². The van der Waals surface area contributed by atoms with Crippen LogP contribution in [0.5, 0.6) is 0 Å². The van der Waals surface area contributed by atoms with Gasteiger partial charge in [0.25, 0.3) is 0 Å². The highest BCUT2D eigenvalue weighted by Crippen LogP contribution is 1.93. The quantitative estimate of drug-likeness (QED) is 0.185. The molecule has 6 heteroatoms. The maximum Gasteiger partial charge on any atom is 0.358 e. The third-order valence-corrected chi connectivity index (χ3v) is 1.47. The Balaban J connectivity index is 4.09. The number of ether oxygens (including phenoxy) is 1. The Kier molecular flexibility index (Phi) is 6.58. The first-order valence-corrected chi connectivity index (χ1v) is 4.86. The van der Waals surface area contributed by atoms with Gasteiger partial charge in [0.2, 0.25) is 0 Å². The molecule has 0 radical (unpaired) electrons. The Morgan fingerprint density at radius 1 is 1.31 bits per heavy atom. The van der Waals surface area contributed by atoms with Gasteiger partial charge >= 0.3 is 11.9 Å². The minimum Gasteiger partial charge on any atom is -0.463 e. The molecule has 0 saturated carbocycles. The van der Waals surface area contributed by atoms with Gasteiger partial charge in [0.15, 0.2) is 0 Å². The predicted molar refractivity (Wildman–Crippen MR) is 58.3 cm³/mol. The lowest BCUT2D eigenvalue weighted by atomic mass is 10.2. The van der Waals surface area contributed by atoms with E-state index in [-0.39, 0.29) is 18.4 Å². The zero-order chi connectivity index (χ0) is 12.6. The van der Waals surface area contributed by atoms with Gasteiger partial charge in [-0.15, -0.1) is 0 Å². The maximum absolute atomic E-state index is 11.0. The van der Waals surface area contributed by atoms with Gasteiger partial charge in [0.05, 0.1) is 6.61 Å². The van der Waals surface area contributed by atoms with E-state index in [1.165, 1.54) is 0 Å². The first-order valence-electron chi connectivity index (χ1n) is 4.86. The monoisotopic (exact) mass is 228 g/mol. The van der Waals surface area contributed by atoms with Crippen LogP contribution in [0.4, 0.5) is 0 Å². The SMILES string of the molecule is CCOC(=O)/C=C/C(=O)O/N=C(\N)C(C)C. The second-order valence-electron chi connectivity index (χ2n) is 3.17. The van der Waals surface area contributed by atoms with Gasteiger partial charge in [-0.3, -0.25) is 0 Å². The van der Waals surface area contributed by atoms with E-state index >= 15 is 0 Å². The van der Waals surface area contributed by atoms with Gasteiger partial charge in [0, 0.05) is 18.1 Å². The van der Waals surface area contributed by atoms with Gasteiger partial charge < -0.3 is 15.3 Å². The standard InChI is InChI=1S/C10H16N2O4/c1-4-15-8(13)5-6-9(14)16-12-10(11)7(2)3/h5-7H,4H2,1-3H3,(H2,11,12)/b6-5+. The molecule has 0 amide bonds. The van der Waals surface area contributed by atoms with E-state index in [0.29, 0.717) is 0 Å². The van der Waals surface area contributed by atoms with Crippen molar-refractivity contribution in [2.75, 3.05) is 6.61 Å². The van der Waals surface area contributed by atoms with Crippen LogP contribution in [0.2, 0.25) is 0 Å². The van der Waals surface area contributed by atoms with Crippen LogP contribution in [0.1, 0.15) is 20.8 Å². The van der Waals surface area contributed by atoms with Gasteiger partial charge in [-0.25, -0.2) is 9.59 Å². The highest BCUT2D eigenvalue weighted by Gasteiger charge is 2.02. The van der Waals surface area contributed by atoms with Crippen LogP contribution in [0.15, 0.2) is 17.3 Å². The summed E-state index contributed by atoms with van der Waals surface area (Å²) in [7, 11) is 0. The summed E-state index contributed by atoms with van der Waals surface area (Å²) in [6.45, 7) is 5.52. The molecule has 6 nitrogen and oxygen atoms in total. The fourth-order valence-electron chi connectivity index (χ4n) is 0.560. The first kappa shape index (κ1) is 14.2. The van der Waals surface area contributed by atoms with Gasteiger partial charge in [-0.2, -0.15) is 0 Å². The number of carbonyl (C=O) groups excluding carboxylic acids is 2. The number of carbonyl (C=O) groups is 2. The van der Waals surface area contributed by atoms with Crippen molar-refractivity contribution in [2.24, 2.45) is 16.8 Å². The molecule has 0 heterocycles. The van der Waals surface area contributed by atoms with Gasteiger partial charge in [-0.1, -0.05) is 19.0 Å². The normalized spacial score (nSPS) is 11.9. The average molecular weight is 228 g/mol. The number of hydrogen-bond donors (Lipinski definition) is 1. The van der Waals surface area contributed by atoms with Crippen LogP contribution < -0.4 is 5.73 Å². The second-order valence-corrected chi connectivity index (χ2v) is 3.17. The number of rotatable bonds is 5. The van der Waals surface area contributed by atoms with Crippen molar-refractivity contribution in [3.05, 3.63) is 12.2 Å². The smallest absolute Gasteiger partial charge is 0.358 e. The molecule has 0 bridgehead atoms. The first-order chi connectivity index (χ1) is 7.47. The van der Waals surface area contributed by atoms with Crippen molar-refractivity contribution in [3.8, 4) is 0 Å². The number of amidine groups is 1. The van der Waals surface area contributed by atoms with E-state index in [1.807, 2.05) is 0 Å². The Labute approximate surface area is 94.1 Å². The van der Waals surface area contributed by atoms with Crippen LogP contribution >= 0.6 is 0 Å². The molecule has 0 spiro atoms. The third kappa shape index (κ3) is 6.58. The molecule has 90 valence electrons. The molecule has 0 atom stereocenters. The van der Waals surface area contributed by atoms with Gasteiger partial charge in [-0.05, 0) is 6.92 Å². The summed E-state index contributed by atoms with van der Waals surface area (Å²) in [6.07, 6.45) is 1.89. The second kappa shape index (κ2) is 7.44. The molecule has 0 saturated heterocycles. The molecule has 0 aromatic rings. The van der Waals surface area contributed by atoms with Crippen LogP contribution in [0.3, 0.4) is 0 Å². The van der Waals surface area contributed by atoms with Crippen LogP contribution in [0, 0.1) is 5.92 Å². The molecule has 16 heavy (non-hydrogen) atoms. The summed E-state index contributed by atoms with van der Waals surface area (Å²) >= 11 is 0. The Bertz CT molecular complexity index is 308. The number of esters is 1. The van der Waals surface area contributed by atoms with Crippen molar-refractivity contribution in [1.29, 1.82) is 0 Å². The molecule has 0 aliphatic carbocycles. The third-order valence-electron chi connectivity index (χ3n) is 1.47. The molecular formula is C10H16N2O4. The van der Waals surface area contributed by atoms with Crippen LogP contribution in [0.25, 0.3) is 0 Å². The predicted octanol–water partition coefficient (Wildman–Crippen LogP) is 0.577. The van der Waals surface area contributed by atoms with E-state index in [1.54, 1.807) is 20.8 Å². The summed E-state index contributed by atoms with van der Waals surface area (Å²) in [5.74, 6) is -1.20. The van der Waals surface area contributed by atoms with Crippen molar-refractivity contribution < 1.29 is 19.2 Å². The molecule has 0 aliphatic heterocycles. The molecule has 0 aromatic carbocycles. The summed E-state index contributed by atoms with van der Waals surface area (Å²) in [5.41, 5.74) is 5.43. The van der Waals surface area contributed by atoms with Crippen molar-refractivity contribution in [2.45, 2.75) is 20.8 Å². The maximum atomic E-state index is 11.0. The lowest BCUT2D eigenvalue weighted by Crippen LogP contribution is -2.19. The zero-order valence-electron chi connectivity index (χ0n) is 9.60. The van der Waals surface area contributed by atoms with Gasteiger partial charge in [0.1, 0.15) is 5.84 Å². The molecular weight excluding hydrogens is 212 g/mol. The number of oxime groups is 1. The average Bonchev–Trinajstić information content (AvgIpc) is 2.23. The zero-order valence-corrected chi connectivity index (χ0v) is 9.60. The van der Waals surface area contributed by atoms with Crippen LogP contribution in [-0.4, -0.2) is 24.4 Å². The fraction of sp³-hybridized carbons (Fsp3) is 0.500.